The van der Waals surface area contributed by atoms with Gasteiger partial charge in [-0.3, -0.25) is 9.69 Å². The van der Waals surface area contributed by atoms with Gasteiger partial charge < -0.3 is 14.3 Å². The number of likely N-dealkylation sites (tertiary alicyclic amines) is 1. The normalized spacial score (nSPS) is 15.9. The second kappa shape index (κ2) is 12.3. The highest BCUT2D eigenvalue weighted by atomic mass is 32.2. The predicted octanol–water partition coefficient (Wildman–Crippen LogP) is 6.36. The lowest BCUT2D eigenvalue weighted by molar-refractivity contribution is -0.144. The molecule has 1 unspecified atom stereocenters. The third kappa shape index (κ3) is 6.44. The van der Waals surface area contributed by atoms with Crippen molar-refractivity contribution < 1.29 is 19.1 Å². The molecular formula is C30H31N3O4S. The van der Waals surface area contributed by atoms with Gasteiger partial charge in [-0.2, -0.15) is 0 Å². The van der Waals surface area contributed by atoms with Gasteiger partial charge in [0.25, 0.3) is 11.1 Å². The van der Waals surface area contributed by atoms with Crippen molar-refractivity contribution in [2.24, 2.45) is 0 Å². The first-order valence-corrected chi connectivity index (χ1v) is 13.8. The highest BCUT2D eigenvalue weighted by Crippen LogP contribution is 2.30. The zero-order chi connectivity index (χ0) is 26.3. The number of hydrogen-bond acceptors (Lipinski definition) is 7. The first-order chi connectivity index (χ1) is 18.6. The van der Waals surface area contributed by atoms with Crippen molar-refractivity contribution in [3.8, 4) is 16.9 Å². The number of carboxylic acids is 1. The maximum absolute atomic E-state index is 11.6. The number of benzene rings is 3. The molecule has 0 saturated carbocycles. The molecule has 3 aromatic carbocycles. The molecule has 1 saturated heterocycles. The minimum Gasteiger partial charge on any atom is -0.484 e. The van der Waals surface area contributed by atoms with Gasteiger partial charge in [0.15, 0.2) is 6.61 Å². The Kier molecular flexibility index (Phi) is 8.41. The Hall–Kier alpha value is -3.62. The standard InChI is InChI=1S/C30H31N3O4S/c1-21-25(24-11-3-2-4-12-24)13-8-15-27(21)36-19-28-31-32-30(37-28)38-20-23-10-7-9-22(17-23)18-33-16-6-5-14-26(33)29(34)35/h2-4,7-13,15,17,26H,5-6,14,16,18-20H2,1H3,(H,34,35). The van der Waals surface area contributed by atoms with Crippen LogP contribution < -0.4 is 4.74 Å². The van der Waals surface area contributed by atoms with Crippen LogP contribution in [0.5, 0.6) is 5.75 Å². The number of nitrogens with zero attached hydrogens (tertiary/aromatic N) is 3. The summed E-state index contributed by atoms with van der Waals surface area (Å²) >= 11 is 1.48. The number of carbonyl (C=O) groups is 1. The van der Waals surface area contributed by atoms with Crippen molar-refractivity contribution in [2.75, 3.05) is 6.54 Å². The minimum absolute atomic E-state index is 0.197. The van der Waals surface area contributed by atoms with E-state index < -0.39 is 12.0 Å². The highest BCUT2D eigenvalue weighted by Gasteiger charge is 2.28. The highest BCUT2D eigenvalue weighted by molar-refractivity contribution is 7.98. The molecule has 196 valence electrons. The predicted molar refractivity (Wildman–Crippen MR) is 147 cm³/mol. The van der Waals surface area contributed by atoms with Gasteiger partial charge >= 0.3 is 5.97 Å². The summed E-state index contributed by atoms with van der Waals surface area (Å²) in [6.45, 7) is 3.71. The minimum atomic E-state index is -0.730. The summed E-state index contributed by atoms with van der Waals surface area (Å²) < 4.78 is 11.8. The number of aromatic nitrogens is 2. The lowest BCUT2D eigenvalue weighted by Crippen LogP contribution is -2.43. The number of hydrogen-bond donors (Lipinski definition) is 1. The van der Waals surface area contributed by atoms with Crippen LogP contribution >= 0.6 is 11.8 Å². The molecule has 38 heavy (non-hydrogen) atoms. The third-order valence-electron chi connectivity index (χ3n) is 6.81. The largest absolute Gasteiger partial charge is 0.484 e. The quantitative estimate of drug-likeness (QED) is 0.238. The van der Waals surface area contributed by atoms with E-state index in [-0.39, 0.29) is 6.61 Å². The van der Waals surface area contributed by atoms with E-state index in [9.17, 15) is 9.90 Å². The Labute approximate surface area is 226 Å². The smallest absolute Gasteiger partial charge is 0.320 e. The van der Waals surface area contributed by atoms with Gasteiger partial charge in [-0.25, -0.2) is 0 Å². The number of thioether (sulfide) groups is 1. The van der Waals surface area contributed by atoms with E-state index >= 15 is 0 Å². The molecule has 0 bridgehead atoms. The molecule has 1 aliphatic rings. The first kappa shape index (κ1) is 26.0. The maximum atomic E-state index is 11.6. The van der Waals surface area contributed by atoms with E-state index in [0.29, 0.717) is 29.8 Å². The molecule has 1 N–H and O–H groups in total. The Bertz CT molecular complexity index is 1370. The van der Waals surface area contributed by atoms with E-state index in [4.69, 9.17) is 9.15 Å². The summed E-state index contributed by atoms with van der Waals surface area (Å²) in [5, 5.41) is 18.4. The number of carboxylic acid groups (broad SMARTS) is 1. The molecular weight excluding hydrogens is 498 g/mol. The van der Waals surface area contributed by atoms with E-state index in [0.717, 1.165) is 53.0 Å². The molecule has 4 aromatic rings. The fraction of sp³-hybridized carbons (Fsp3) is 0.300. The van der Waals surface area contributed by atoms with E-state index in [1.807, 2.05) is 43.3 Å². The van der Waals surface area contributed by atoms with Crippen LogP contribution in [-0.2, 0) is 23.7 Å². The zero-order valence-electron chi connectivity index (χ0n) is 21.4. The average molecular weight is 530 g/mol. The summed E-state index contributed by atoms with van der Waals surface area (Å²) in [6.07, 6.45) is 2.73. The molecule has 0 amide bonds. The van der Waals surface area contributed by atoms with Gasteiger partial charge in [0, 0.05) is 12.3 Å². The van der Waals surface area contributed by atoms with Gasteiger partial charge in [0.1, 0.15) is 11.8 Å². The number of rotatable bonds is 10. The molecule has 1 atom stereocenters. The molecule has 0 aliphatic carbocycles. The Morgan fingerprint density at radius 1 is 1.05 bits per heavy atom. The Morgan fingerprint density at radius 3 is 2.71 bits per heavy atom. The van der Waals surface area contributed by atoms with Crippen LogP contribution in [0.25, 0.3) is 11.1 Å². The van der Waals surface area contributed by atoms with Crippen LogP contribution in [0.3, 0.4) is 0 Å². The summed E-state index contributed by atoms with van der Waals surface area (Å²) in [5.41, 5.74) is 5.58. The SMILES string of the molecule is Cc1c(OCc2nnc(SCc3cccc(CN4CCCCC4C(=O)O)c3)o2)cccc1-c1ccccc1. The van der Waals surface area contributed by atoms with E-state index in [1.54, 1.807) is 0 Å². The molecule has 1 aliphatic heterocycles. The number of aliphatic carboxylic acids is 1. The summed E-state index contributed by atoms with van der Waals surface area (Å²) in [6, 6.07) is 24.1. The van der Waals surface area contributed by atoms with Crippen molar-refractivity contribution in [3.05, 3.63) is 95.4 Å². The number of ether oxygens (including phenoxy) is 1. The fourth-order valence-electron chi connectivity index (χ4n) is 4.85. The summed E-state index contributed by atoms with van der Waals surface area (Å²) in [4.78, 5) is 13.7. The van der Waals surface area contributed by atoms with Crippen LogP contribution in [-0.4, -0.2) is 38.8 Å². The number of piperidine rings is 1. The van der Waals surface area contributed by atoms with Crippen molar-refractivity contribution in [2.45, 2.75) is 56.4 Å². The van der Waals surface area contributed by atoms with Gasteiger partial charge in [0.2, 0.25) is 0 Å². The monoisotopic (exact) mass is 529 g/mol. The zero-order valence-corrected chi connectivity index (χ0v) is 22.2. The second-order valence-corrected chi connectivity index (χ2v) is 10.4. The van der Waals surface area contributed by atoms with E-state index in [1.165, 1.54) is 11.8 Å². The maximum Gasteiger partial charge on any atom is 0.320 e. The molecule has 0 radical (unpaired) electrons. The molecule has 7 nitrogen and oxygen atoms in total. The van der Waals surface area contributed by atoms with E-state index in [2.05, 4.69) is 51.5 Å². The Balaban J connectivity index is 1.16. The van der Waals surface area contributed by atoms with Crippen LogP contribution in [0.4, 0.5) is 0 Å². The summed E-state index contributed by atoms with van der Waals surface area (Å²) in [5.74, 6) is 1.16. The molecule has 2 heterocycles. The van der Waals surface area contributed by atoms with Crippen LogP contribution in [0.15, 0.2) is 82.4 Å². The third-order valence-corrected chi connectivity index (χ3v) is 7.70. The average Bonchev–Trinajstić information content (AvgIpc) is 3.40. The van der Waals surface area contributed by atoms with Gasteiger partial charge in [-0.05, 0) is 60.2 Å². The molecule has 0 spiro atoms. The molecule has 1 fully saturated rings. The molecule has 5 rings (SSSR count). The van der Waals surface area contributed by atoms with Crippen LogP contribution in [0.2, 0.25) is 0 Å². The van der Waals surface area contributed by atoms with Gasteiger partial charge in [0.05, 0.1) is 0 Å². The molecule has 8 heteroatoms. The van der Waals surface area contributed by atoms with Gasteiger partial charge in [-0.15, -0.1) is 10.2 Å². The van der Waals surface area contributed by atoms with Crippen molar-refractivity contribution >= 4 is 17.7 Å². The van der Waals surface area contributed by atoms with Crippen molar-refractivity contribution in [3.63, 3.8) is 0 Å². The van der Waals surface area contributed by atoms with Crippen LogP contribution in [0.1, 0.15) is 41.8 Å². The van der Waals surface area contributed by atoms with Gasteiger partial charge in [-0.1, -0.05) is 84.9 Å². The fourth-order valence-corrected chi connectivity index (χ4v) is 5.58. The van der Waals surface area contributed by atoms with Crippen molar-refractivity contribution in [1.29, 1.82) is 0 Å². The van der Waals surface area contributed by atoms with Crippen molar-refractivity contribution in [1.82, 2.24) is 15.1 Å². The van der Waals surface area contributed by atoms with Crippen LogP contribution in [0, 0.1) is 6.92 Å². The topological polar surface area (TPSA) is 88.7 Å². The lowest BCUT2D eigenvalue weighted by atomic mass is 10.00. The Morgan fingerprint density at radius 2 is 1.87 bits per heavy atom. The summed E-state index contributed by atoms with van der Waals surface area (Å²) in [7, 11) is 0. The molecule has 1 aromatic heterocycles. The first-order valence-electron chi connectivity index (χ1n) is 12.8. The second-order valence-electron chi connectivity index (χ2n) is 9.47. The lowest BCUT2D eigenvalue weighted by Gasteiger charge is -2.32.